The van der Waals surface area contributed by atoms with Crippen LogP contribution >= 0.6 is 38.5 Å². The van der Waals surface area contributed by atoms with E-state index in [1.54, 1.807) is 6.07 Å². The van der Waals surface area contributed by atoms with E-state index in [-0.39, 0.29) is 5.91 Å². The van der Waals surface area contributed by atoms with Gasteiger partial charge in [0.05, 0.1) is 11.6 Å². The van der Waals surface area contributed by atoms with E-state index in [1.165, 1.54) is 0 Å². The lowest BCUT2D eigenvalue weighted by atomic mass is 9.78. The van der Waals surface area contributed by atoms with Crippen molar-refractivity contribution < 1.29 is 4.79 Å². The number of carbonyl (C=O) groups is 1. The van der Waals surface area contributed by atoms with Crippen molar-refractivity contribution in [3.63, 3.8) is 0 Å². The first-order valence-corrected chi connectivity index (χ1v) is 8.52. The Hall–Kier alpha value is -0.610. The number of hydrogen-bond donors (Lipinski definition) is 1. The smallest absolute Gasteiger partial charge is 0.253 e. The summed E-state index contributed by atoms with van der Waals surface area (Å²) in [6, 6.07) is 7.92. The van der Waals surface area contributed by atoms with Crippen LogP contribution in [0.5, 0.6) is 0 Å². The third kappa shape index (κ3) is 3.53. The van der Waals surface area contributed by atoms with Crippen LogP contribution in [-0.2, 0) is 0 Å². The van der Waals surface area contributed by atoms with Crippen molar-refractivity contribution in [3.8, 4) is 6.07 Å². The highest BCUT2D eigenvalue weighted by Crippen LogP contribution is 2.32. The van der Waals surface area contributed by atoms with Crippen LogP contribution in [0, 0.1) is 20.8 Å². The summed E-state index contributed by atoms with van der Waals surface area (Å²) in [6.07, 6.45) is 3.45. The fraction of sp³-hybridized carbons (Fsp3) is 0.467. The normalized spacial score (nSPS) is 25.8. The van der Waals surface area contributed by atoms with E-state index in [9.17, 15) is 10.1 Å². The number of carbonyl (C=O) groups excluding carboxylic acids is 1. The maximum absolute atomic E-state index is 12.4. The average molecular weight is 447 g/mol. The average Bonchev–Trinajstić information content (AvgIpc) is 2.44. The molecule has 5 heteroatoms. The molecule has 106 valence electrons. The molecule has 0 spiro atoms. The second-order valence-corrected chi connectivity index (χ2v) is 7.53. The summed E-state index contributed by atoms with van der Waals surface area (Å²) in [6.45, 7) is 2.19. The molecular weight excluding hydrogens is 431 g/mol. The Bertz CT molecular complexity index is 559. The molecule has 0 saturated heterocycles. The SMILES string of the molecule is CC1CCC(C#N)(NC(=O)c2cc(Br)ccc2I)CC1. The molecule has 3 nitrogen and oxygen atoms in total. The van der Waals surface area contributed by atoms with Gasteiger partial charge in [-0.15, -0.1) is 0 Å². The van der Waals surface area contributed by atoms with E-state index in [0.29, 0.717) is 11.5 Å². The van der Waals surface area contributed by atoms with E-state index in [4.69, 9.17) is 0 Å². The van der Waals surface area contributed by atoms with Gasteiger partial charge in [-0.2, -0.15) is 5.26 Å². The maximum atomic E-state index is 12.4. The van der Waals surface area contributed by atoms with Gasteiger partial charge in [-0.1, -0.05) is 22.9 Å². The van der Waals surface area contributed by atoms with Crippen LogP contribution < -0.4 is 5.32 Å². The summed E-state index contributed by atoms with van der Waals surface area (Å²) in [4.78, 5) is 12.4. The molecule has 0 radical (unpaired) electrons. The fourth-order valence-electron chi connectivity index (χ4n) is 2.48. The van der Waals surface area contributed by atoms with E-state index in [0.717, 1.165) is 33.7 Å². The Morgan fingerprint density at radius 1 is 1.50 bits per heavy atom. The van der Waals surface area contributed by atoms with Gasteiger partial charge in [-0.25, -0.2) is 0 Å². The molecule has 1 saturated carbocycles. The van der Waals surface area contributed by atoms with Gasteiger partial charge in [0.15, 0.2) is 0 Å². The van der Waals surface area contributed by atoms with Crippen molar-refractivity contribution in [3.05, 3.63) is 31.8 Å². The molecule has 0 heterocycles. The van der Waals surface area contributed by atoms with Crippen molar-refractivity contribution in [2.45, 2.75) is 38.1 Å². The van der Waals surface area contributed by atoms with Crippen LogP contribution in [0.2, 0.25) is 0 Å². The summed E-state index contributed by atoms with van der Waals surface area (Å²) in [5.41, 5.74) is -0.0807. The monoisotopic (exact) mass is 446 g/mol. The molecule has 1 amide bonds. The number of nitrogens with zero attached hydrogens (tertiary/aromatic N) is 1. The lowest BCUT2D eigenvalue weighted by Crippen LogP contribution is -2.49. The predicted octanol–water partition coefficient (Wildman–Crippen LogP) is 4.26. The molecule has 1 aromatic rings. The maximum Gasteiger partial charge on any atom is 0.253 e. The topological polar surface area (TPSA) is 52.9 Å². The van der Waals surface area contributed by atoms with Crippen molar-refractivity contribution in [1.82, 2.24) is 5.32 Å². The molecule has 0 atom stereocenters. The quantitative estimate of drug-likeness (QED) is 0.690. The molecule has 0 aromatic heterocycles. The standard InChI is InChI=1S/C15H16BrIN2O/c1-10-4-6-15(9-18,7-5-10)19-14(20)12-8-11(16)2-3-13(12)17/h2-3,8,10H,4-7H2,1H3,(H,19,20). The van der Waals surface area contributed by atoms with Crippen LogP contribution in [0.4, 0.5) is 0 Å². The second-order valence-electron chi connectivity index (χ2n) is 5.45. The fourth-order valence-corrected chi connectivity index (χ4v) is 3.42. The van der Waals surface area contributed by atoms with Gasteiger partial charge < -0.3 is 5.32 Å². The molecule has 1 aromatic carbocycles. The van der Waals surface area contributed by atoms with Crippen LogP contribution in [0.15, 0.2) is 22.7 Å². The van der Waals surface area contributed by atoms with Crippen molar-refractivity contribution >= 4 is 44.4 Å². The molecule has 0 bridgehead atoms. The highest BCUT2D eigenvalue weighted by molar-refractivity contribution is 14.1. The third-order valence-corrected chi connectivity index (χ3v) is 5.30. The van der Waals surface area contributed by atoms with E-state index < -0.39 is 5.54 Å². The van der Waals surface area contributed by atoms with Gasteiger partial charge in [-0.3, -0.25) is 4.79 Å². The molecular formula is C15H16BrIN2O. The van der Waals surface area contributed by atoms with Crippen LogP contribution in [-0.4, -0.2) is 11.4 Å². The second kappa shape index (κ2) is 6.44. The largest absolute Gasteiger partial charge is 0.334 e. The lowest BCUT2D eigenvalue weighted by Gasteiger charge is -2.34. The lowest BCUT2D eigenvalue weighted by molar-refractivity contribution is 0.0893. The zero-order valence-electron chi connectivity index (χ0n) is 11.2. The van der Waals surface area contributed by atoms with Gasteiger partial charge in [0.2, 0.25) is 0 Å². The Morgan fingerprint density at radius 3 is 2.75 bits per heavy atom. The summed E-state index contributed by atoms with van der Waals surface area (Å²) in [5, 5.41) is 12.4. The van der Waals surface area contributed by atoms with Gasteiger partial charge >= 0.3 is 0 Å². The Morgan fingerprint density at radius 2 is 2.15 bits per heavy atom. The zero-order valence-corrected chi connectivity index (χ0v) is 15.0. The van der Waals surface area contributed by atoms with Crippen molar-refractivity contribution in [1.29, 1.82) is 5.26 Å². The molecule has 1 aliphatic carbocycles. The number of nitrogens with one attached hydrogen (secondary N) is 1. The highest BCUT2D eigenvalue weighted by Gasteiger charge is 2.36. The molecule has 1 fully saturated rings. The summed E-state index contributed by atoms with van der Waals surface area (Å²) in [7, 11) is 0. The number of nitriles is 1. The van der Waals surface area contributed by atoms with Crippen LogP contribution in [0.25, 0.3) is 0 Å². The Labute approximate surface area is 141 Å². The first-order chi connectivity index (χ1) is 9.46. The zero-order chi connectivity index (χ0) is 14.8. The molecule has 2 rings (SSSR count). The van der Waals surface area contributed by atoms with E-state index in [1.807, 2.05) is 12.1 Å². The highest BCUT2D eigenvalue weighted by atomic mass is 127. The van der Waals surface area contributed by atoms with Crippen LogP contribution in [0.3, 0.4) is 0 Å². The Kier molecular flexibility index (Phi) is 5.08. The number of rotatable bonds is 2. The van der Waals surface area contributed by atoms with Gasteiger partial charge in [-0.05, 0) is 72.4 Å². The van der Waals surface area contributed by atoms with E-state index in [2.05, 4.69) is 56.8 Å². The van der Waals surface area contributed by atoms with E-state index >= 15 is 0 Å². The van der Waals surface area contributed by atoms with Crippen molar-refractivity contribution in [2.24, 2.45) is 5.92 Å². The minimum atomic E-state index is -0.699. The molecule has 0 aliphatic heterocycles. The minimum Gasteiger partial charge on any atom is -0.334 e. The number of amides is 1. The molecule has 20 heavy (non-hydrogen) atoms. The third-order valence-electron chi connectivity index (χ3n) is 3.87. The first-order valence-electron chi connectivity index (χ1n) is 6.64. The number of hydrogen-bond acceptors (Lipinski definition) is 2. The molecule has 0 unspecified atom stereocenters. The summed E-state index contributed by atoms with van der Waals surface area (Å²) in [5.74, 6) is 0.478. The predicted molar refractivity (Wildman–Crippen MR) is 90.3 cm³/mol. The minimum absolute atomic E-state index is 0.160. The number of benzene rings is 1. The molecule has 1 aliphatic rings. The Balaban J connectivity index is 2.18. The summed E-state index contributed by atoms with van der Waals surface area (Å²) >= 11 is 5.52. The number of halogens is 2. The first kappa shape index (κ1) is 15.8. The van der Waals surface area contributed by atoms with Gasteiger partial charge in [0, 0.05) is 8.04 Å². The van der Waals surface area contributed by atoms with Crippen LogP contribution in [0.1, 0.15) is 43.0 Å². The van der Waals surface area contributed by atoms with Crippen molar-refractivity contribution in [2.75, 3.05) is 0 Å². The van der Waals surface area contributed by atoms with Gasteiger partial charge in [0.25, 0.3) is 5.91 Å². The molecule has 1 N–H and O–H groups in total. The van der Waals surface area contributed by atoms with Gasteiger partial charge in [0.1, 0.15) is 5.54 Å². The summed E-state index contributed by atoms with van der Waals surface area (Å²) < 4.78 is 1.76.